The zero-order chi connectivity index (χ0) is 21.1. The fraction of sp³-hybridized carbons (Fsp3) is 0.300. The van der Waals surface area contributed by atoms with Gasteiger partial charge in [0.25, 0.3) is 0 Å². The first-order chi connectivity index (χ1) is 12.9. The molecule has 0 fully saturated rings. The molecule has 2 aromatic carbocycles. The Bertz CT molecular complexity index is 875. The normalized spacial score (nSPS) is 12.0. The highest BCUT2D eigenvalue weighted by Crippen LogP contribution is 2.37. The lowest BCUT2D eigenvalue weighted by atomic mass is 9.95. The first-order valence-electron chi connectivity index (χ1n) is 8.32. The van der Waals surface area contributed by atoms with Crippen LogP contribution in [0.25, 0.3) is 0 Å². The van der Waals surface area contributed by atoms with E-state index in [2.05, 4.69) is 5.32 Å². The first kappa shape index (κ1) is 22.3. The molecular weight excluding hydrogens is 411 g/mol. The van der Waals surface area contributed by atoms with Gasteiger partial charge >= 0.3 is 6.18 Å². The van der Waals surface area contributed by atoms with E-state index in [1.165, 1.54) is 12.1 Å². The van der Waals surface area contributed by atoms with Crippen LogP contribution in [0.5, 0.6) is 0 Å². The lowest BCUT2D eigenvalue weighted by molar-refractivity contribution is -0.137. The number of amides is 1. The van der Waals surface area contributed by atoms with Crippen molar-refractivity contribution in [1.82, 2.24) is 0 Å². The van der Waals surface area contributed by atoms with Crippen molar-refractivity contribution in [2.75, 3.05) is 11.1 Å². The molecule has 28 heavy (non-hydrogen) atoms. The number of rotatable bonds is 5. The molecule has 0 unspecified atom stereocenters. The highest BCUT2D eigenvalue weighted by atomic mass is 35.5. The molecule has 0 atom stereocenters. The summed E-state index contributed by atoms with van der Waals surface area (Å²) in [7, 11) is 0. The SMILES string of the molecule is CC(C)(C)C(=O)Nc1ccc(C(=O)CSc2ccc(Cl)c(C(F)(F)F)c2)cc1. The van der Waals surface area contributed by atoms with Crippen molar-refractivity contribution in [3.63, 3.8) is 0 Å². The van der Waals surface area contributed by atoms with Crippen LogP contribution in [0.15, 0.2) is 47.4 Å². The number of ketones is 1. The van der Waals surface area contributed by atoms with Crippen LogP contribution in [0.2, 0.25) is 5.02 Å². The summed E-state index contributed by atoms with van der Waals surface area (Å²) in [5, 5.41) is 2.38. The van der Waals surface area contributed by atoms with Crippen LogP contribution in [-0.2, 0) is 11.0 Å². The van der Waals surface area contributed by atoms with Crippen LogP contribution in [0.4, 0.5) is 18.9 Å². The van der Waals surface area contributed by atoms with E-state index in [0.717, 1.165) is 17.8 Å². The van der Waals surface area contributed by atoms with Gasteiger partial charge in [-0.25, -0.2) is 0 Å². The van der Waals surface area contributed by atoms with Gasteiger partial charge in [-0.1, -0.05) is 32.4 Å². The molecule has 0 saturated heterocycles. The lowest BCUT2D eigenvalue weighted by Crippen LogP contribution is -2.27. The summed E-state index contributed by atoms with van der Waals surface area (Å²) >= 11 is 6.59. The molecule has 0 aromatic heterocycles. The summed E-state index contributed by atoms with van der Waals surface area (Å²) < 4.78 is 38.7. The minimum absolute atomic E-state index is 0.0212. The Morgan fingerprint density at radius 1 is 1.04 bits per heavy atom. The van der Waals surface area contributed by atoms with Crippen molar-refractivity contribution in [3.8, 4) is 0 Å². The van der Waals surface area contributed by atoms with Gasteiger partial charge in [0, 0.05) is 21.6 Å². The minimum atomic E-state index is -4.55. The second-order valence-electron chi connectivity index (χ2n) is 7.13. The number of carbonyl (C=O) groups is 2. The van der Waals surface area contributed by atoms with E-state index < -0.39 is 17.2 Å². The van der Waals surface area contributed by atoms with E-state index in [1.54, 1.807) is 45.0 Å². The van der Waals surface area contributed by atoms with Crippen LogP contribution in [0.1, 0.15) is 36.7 Å². The highest BCUT2D eigenvalue weighted by molar-refractivity contribution is 8.00. The van der Waals surface area contributed by atoms with Crippen LogP contribution in [-0.4, -0.2) is 17.4 Å². The van der Waals surface area contributed by atoms with Crippen molar-refractivity contribution in [1.29, 1.82) is 0 Å². The monoisotopic (exact) mass is 429 g/mol. The van der Waals surface area contributed by atoms with Crippen LogP contribution in [0, 0.1) is 5.41 Å². The van der Waals surface area contributed by atoms with Crippen molar-refractivity contribution < 1.29 is 22.8 Å². The Labute approximate surface area is 170 Å². The van der Waals surface area contributed by atoms with Gasteiger partial charge in [-0.3, -0.25) is 9.59 Å². The van der Waals surface area contributed by atoms with E-state index >= 15 is 0 Å². The quantitative estimate of drug-likeness (QED) is 0.447. The molecule has 0 heterocycles. The van der Waals surface area contributed by atoms with Crippen molar-refractivity contribution in [2.24, 2.45) is 5.41 Å². The Kier molecular flexibility index (Phi) is 6.83. The van der Waals surface area contributed by atoms with Gasteiger partial charge in [-0.2, -0.15) is 13.2 Å². The molecule has 3 nitrogen and oxygen atoms in total. The average molecular weight is 430 g/mol. The largest absolute Gasteiger partial charge is 0.417 e. The van der Waals surface area contributed by atoms with E-state index in [0.29, 0.717) is 16.1 Å². The third-order valence-electron chi connectivity index (χ3n) is 3.76. The van der Waals surface area contributed by atoms with E-state index in [4.69, 9.17) is 11.6 Å². The second-order valence-corrected chi connectivity index (χ2v) is 8.59. The van der Waals surface area contributed by atoms with Gasteiger partial charge in [0.1, 0.15) is 0 Å². The Balaban J connectivity index is 2.01. The zero-order valence-electron chi connectivity index (χ0n) is 15.5. The Morgan fingerprint density at radius 3 is 2.18 bits per heavy atom. The van der Waals surface area contributed by atoms with Gasteiger partial charge in [0.2, 0.25) is 5.91 Å². The molecule has 2 rings (SSSR count). The van der Waals surface area contributed by atoms with Crippen LogP contribution < -0.4 is 5.32 Å². The molecule has 0 radical (unpaired) electrons. The van der Waals surface area contributed by atoms with E-state index in [9.17, 15) is 22.8 Å². The van der Waals surface area contributed by atoms with Gasteiger partial charge in [0.05, 0.1) is 16.3 Å². The van der Waals surface area contributed by atoms with E-state index in [1.807, 2.05) is 0 Å². The number of alkyl halides is 3. The van der Waals surface area contributed by atoms with Gasteiger partial charge in [0.15, 0.2) is 5.78 Å². The molecule has 150 valence electrons. The third-order valence-corrected chi connectivity index (χ3v) is 5.08. The molecule has 1 amide bonds. The number of nitrogens with one attached hydrogen (secondary N) is 1. The highest BCUT2D eigenvalue weighted by Gasteiger charge is 2.33. The van der Waals surface area contributed by atoms with Gasteiger partial charge < -0.3 is 5.32 Å². The maximum absolute atomic E-state index is 12.9. The number of anilines is 1. The number of hydrogen-bond donors (Lipinski definition) is 1. The minimum Gasteiger partial charge on any atom is -0.326 e. The average Bonchev–Trinajstić information content (AvgIpc) is 2.59. The summed E-state index contributed by atoms with van der Waals surface area (Å²) in [5.74, 6) is -0.403. The molecule has 0 saturated carbocycles. The summed E-state index contributed by atoms with van der Waals surface area (Å²) in [6.07, 6.45) is -4.55. The predicted molar refractivity (Wildman–Crippen MR) is 106 cm³/mol. The molecule has 0 aliphatic rings. The summed E-state index contributed by atoms with van der Waals surface area (Å²) in [4.78, 5) is 24.6. The van der Waals surface area contributed by atoms with Gasteiger partial charge in [-0.05, 0) is 42.5 Å². The van der Waals surface area contributed by atoms with Gasteiger partial charge in [-0.15, -0.1) is 11.8 Å². The number of halogens is 4. The summed E-state index contributed by atoms with van der Waals surface area (Å²) in [6.45, 7) is 5.37. The lowest BCUT2D eigenvalue weighted by Gasteiger charge is -2.17. The maximum Gasteiger partial charge on any atom is 0.417 e. The molecular formula is C20H19ClF3NO2S. The summed E-state index contributed by atoms with van der Waals surface area (Å²) in [5.41, 5.74) is -0.493. The Morgan fingerprint density at radius 2 is 1.64 bits per heavy atom. The number of benzene rings is 2. The van der Waals surface area contributed by atoms with Crippen LogP contribution in [0.3, 0.4) is 0 Å². The standard InChI is InChI=1S/C20H19ClF3NO2S/c1-19(2,3)18(27)25-13-6-4-12(5-7-13)17(26)11-28-14-8-9-16(21)15(10-14)20(22,23)24/h4-10H,11H2,1-3H3,(H,25,27). The number of carbonyl (C=O) groups excluding carboxylic acids is 2. The molecule has 0 spiro atoms. The fourth-order valence-corrected chi connectivity index (χ4v) is 3.16. The molecule has 8 heteroatoms. The first-order valence-corrected chi connectivity index (χ1v) is 9.68. The Hall–Kier alpha value is -1.99. The van der Waals surface area contributed by atoms with Crippen molar-refractivity contribution in [3.05, 3.63) is 58.6 Å². The topological polar surface area (TPSA) is 46.2 Å². The number of thioether (sulfide) groups is 1. The van der Waals surface area contributed by atoms with Crippen LogP contribution >= 0.6 is 23.4 Å². The molecule has 0 aliphatic heterocycles. The van der Waals surface area contributed by atoms with Crippen molar-refractivity contribution >= 4 is 40.7 Å². The molecule has 1 N–H and O–H groups in total. The molecule has 0 bridgehead atoms. The third kappa shape index (κ3) is 6.01. The second kappa shape index (κ2) is 8.57. The molecule has 0 aliphatic carbocycles. The predicted octanol–water partition coefficient (Wildman–Crippen LogP) is 6.32. The number of hydrogen-bond acceptors (Lipinski definition) is 3. The number of Topliss-reactive ketones (excluding diaryl/α,β-unsaturated/α-hetero) is 1. The molecule has 2 aromatic rings. The summed E-state index contributed by atoms with van der Waals surface area (Å²) in [6, 6.07) is 9.93. The van der Waals surface area contributed by atoms with Crippen molar-refractivity contribution in [2.45, 2.75) is 31.8 Å². The smallest absolute Gasteiger partial charge is 0.326 e. The van der Waals surface area contributed by atoms with E-state index in [-0.39, 0.29) is 22.5 Å². The fourth-order valence-electron chi connectivity index (χ4n) is 2.10. The maximum atomic E-state index is 12.9. The zero-order valence-corrected chi connectivity index (χ0v) is 17.1.